The Kier molecular flexibility index (Phi) is 3.57. The fourth-order valence-corrected chi connectivity index (χ4v) is 2.19. The number of hydrogen-bond donors (Lipinski definition) is 2. The molecule has 1 fully saturated rings. The zero-order valence-corrected chi connectivity index (χ0v) is 10.8. The normalized spacial score (nSPS) is 18.9. The van der Waals surface area contributed by atoms with E-state index in [1.54, 1.807) is 0 Å². The molecule has 0 spiro atoms. The van der Waals surface area contributed by atoms with E-state index < -0.39 is 0 Å². The summed E-state index contributed by atoms with van der Waals surface area (Å²) in [7, 11) is 0. The van der Waals surface area contributed by atoms with E-state index in [-0.39, 0.29) is 0 Å². The van der Waals surface area contributed by atoms with Crippen molar-refractivity contribution in [3.8, 4) is 0 Å². The van der Waals surface area contributed by atoms with Gasteiger partial charge in [-0.3, -0.25) is 0 Å². The van der Waals surface area contributed by atoms with Crippen LogP contribution in [0.5, 0.6) is 0 Å². The molecule has 0 radical (unpaired) electrons. The highest BCUT2D eigenvalue weighted by Crippen LogP contribution is 2.31. The summed E-state index contributed by atoms with van der Waals surface area (Å²) in [6.07, 6.45) is 2.25. The fraction of sp³-hybridized carbons (Fsp3) is 0.571. The van der Waals surface area contributed by atoms with Crippen molar-refractivity contribution in [2.24, 2.45) is 5.41 Å². The van der Waals surface area contributed by atoms with E-state index in [4.69, 9.17) is 10.5 Å². The summed E-state index contributed by atoms with van der Waals surface area (Å²) in [5.74, 6) is 0. The SMILES string of the molecule is Cc1c(N)cccc1NCC1(C)CCOCC1. The van der Waals surface area contributed by atoms with E-state index in [1.807, 2.05) is 12.1 Å². The Hall–Kier alpha value is -1.22. The molecule has 2 rings (SSSR count). The van der Waals surface area contributed by atoms with E-state index in [0.717, 1.165) is 49.5 Å². The lowest BCUT2D eigenvalue weighted by Gasteiger charge is -2.34. The molecule has 3 nitrogen and oxygen atoms in total. The van der Waals surface area contributed by atoms with Crippen molar-refractivity contribution in [1.29, 1.82) is 0 Å². The van der Waals surface area contributed by atoms with Crippen LogP contribution in [0.2, 0.25) is 0 Å². The molecule has 1 aromatic rings. The quantitative estimate of drug-likeness (QED) is 0.791. The monoisotopic (exact) mass is 234 g/mol. The summed E-state index contributed by atoms with van der Waals surface area (Å²) < 4.78 is 5.41. The highest BCUT2D eigenvalue weighted by molar-refractivity contribution is 5.62. The second-order valence-electron chi connectivity index (χ2n) is 5.30. The molecule has 17 heavy (non-hydrogen) atoms. The second-order valence-corrected chi connectivity index (χ2v) is 5.30. The summed E-state index contributed by atoms with van der Waals surface area (Å²) >= 11 is 0. The number of nitrogens with one attached hydrogen (secondary N) is 1. The first-order valence-electron chi connectivity index (χ1n) is 6.27. The Labute approximate surface area is 103 Å². The third kappa shape index (κ3) is 2.91. The van der Waals surface area contributed by atoms with Gasteiger partial charge in [0.25, 0.3) is 0 Å². The predicted octanol–water partition coefficient (Wildman–Crippen LogP) is 2.81. The number of rotatable bonds is 3. The Morgan fingerprint density at radius 3 is 2.76 bits per heavy atom. The Morgan fingerprint density at radius 2 is 2.06 bits per heavy atom. The van der Waals surface area contributed by atoms with Crippen LogP contribution in [0.1, 0.15) is 25.3 Å². The highest BCUT2D eigenvalue weighted by atomic mass is 16.5. The van der Waals surface area contributed by atoms with Crippen LogP contribution in [0.15, 0.2) is 18.2 Å². The maximum atomic E-state index is 5.90. The molecule has 1 aliphatic rings. The molecule has 0 saturated carbocycles. The van der Waals surface area contributed by atoms with Crippen molar-refractivity contribution >= 4 is 11.4 Å². The third-order valence-corrected chi connectivity index (χ3v) is 3.78. The van der Waals surface area contributed by atoms with Gasteiger partial charge in [-0.2, -0.15) is 0 Å². The van der Waals surface area contributed by atoms with E-state index in [1.165, 1.54) is 0 Å². The minimum atomic E-state index is 0.343. The summed E-state index contributed by atoms with van der Waals surface area (Å²) in [6, 6.07) is 6.03. The van der Waals surface area contributed by atoms with Gasteiger partial charge in [0.05, 0.1) is 0 Å². The lowest BCUT2D eigenvalue weighted by atomic mass is 9.82. The van der Waals surface area contributed by atoms with Crippen LogP contribution < -0.4 is 11.1 Å². The molecular formula is C14H22N2O. The van der Waals surface area contributed by atoms with Crippen LogP contribution >= 0.6 is 0 Å². The van der Waals surface area contributed by atoms with Crippen molar-refractivity contribution < 1.29 is 4.74 Å². The molecule has 1 saturated heterocycles. The summed E-state index contributed by atoms with van der Waals surface area (Å²) in [5.41, 5.74) is 9.39. The van der Waals surface area contributed by atoms with E-state index in [9.17, 15) is 0 Å². The number of anilines is 2. The van der Waals surface area contributed by atoms with Gasteiger partial charge in [-0.25, -0.2) is 0 Å². The maximum Gasteiger partial charge on any atom is 0.0471 e. The van der Waals surface area contributed by atoms with Crippen molar-refractivity contribution in [3.63, 3.8) is 0 Å². The van der Waals surface area contributed by atoms with Gasteiger partial charge in [-0.05, 0) is 42.9 Å². The standard InChI is InChI=1S/C14H22N2O/c1-11-12(15)4-3-5-13(11)16-10-14(2)6-8-17-9-7-14/h3-5,16H,6-10,15H2,1-2H3. The molecule has 0 unspecified atom stereocenters. The molecule has 0 aliphatic carbocycles. The molecule has 94 valence electrons. The van der Waals surface area contributed by atoms with Crippen LogP contribution in [-0.4, -0.2) is 19.8 Å². The van der Waals surface area contributed by atoms with E-state index in [0.29, 0.717) is 5.41 Å². The van der Waals surface area contributed by atoms with E-state index >= 15 is 0 Å². The van der Waals surface area contributed by atoms with Gasteiger partial charge in [-0.1, -0.05) is 13.0 Å². The van der Waals surface area contributed by atoms with Crippen molar-refractivity contribution in [2.45, 2.75) is 26.7 Å². The van der Waals surface area contributed by atoms with Crippen LogP contribution in [0.3, 0.4) is 0 Å². The average molecular weight is 234 g/mol. The van der Waals surface area contributed by atoms with Crippen LogP contribution in [0.25, 0.3) is 0 Å². The molecule has 3 heteroatoms. The van der Waals surface area contributed by atoms with Gasteiger partial charge in [0.1, 0.15) is 0 Å². The van der Waals surface area contributed by atoms with Gasteiger partial charge in [0.15, 0.2) is 0 Å². The lowest BCUT2D eigenvalue weighted by molar-refractivity contribution is 0.0300. The van der Waals surface area contributed by atoms with Crippen LogP contribution in [0, 0.1) is 12.3 Å². The third-order valence-electron chi connectivity index (χ3n) is 3.78. The highest BCUT2D eigenvalue weighted by Gasteiger charge is 2.27. The van der Waals surface area contributed by atoms with Gasteiger partial charge >= 0.3 is 0 Å². The molecule has 0 aromatic heterocycles. The zero-order chi connectivity index (χ0) is 12.3. The maximum absolute atomic E-state index is 5.90. The van der Waals surface area contributed by atoms with Crippen LogP contribution in [0.4, 0.5) is 11.4 Å². The van der Waals surface area contributed by atoms with Crippen molar-refractivity contribution in [2.75, 3.05) is 30.8 Å². The first-order valence-corrected chi connectivity index (χ1v) is 6.27. The predicted molar refractivity (Wildman–Crippen MR) is 72.2 cm³/mol. The summed E-state index contributed by atoms with van der Waals surface area (Å²) in [4.78, 5) is 0. The number of ether oxygens (including phenoxy) is 1. The van der Waals surface area contributed by atoms with E-state index in [2.05, 4.69) is 25.2 Å². The lowest BCUT2D eigenvalue weighted by Crippen LogP contribution is -2.33. The number of nitrogens with two attached hydrogens (primary N) is 1. The summed E-state index contributed by atoms with van der Waals surface area (Å²) in [5, 5.41) is 3.53. The second kappa shape index (κ2) is 4.96. The Balaban J connectivity index is 1.99. The topological polar surface area (TPSA) is 47.3 Å². The van der Waals surface area contributed by atoms with Gasteiger partial charge in [-0.15, -0.1) is 0 Å². The molecule has 0 atom stereocenters. The summed E-state index contributed by atoms with van der Waals surface area (Å²) in [6.45, 7) is 7.14. The smallest absolute Gasteiger partial charge is 0.0471 e. The molecule has 0 bridgehead atoms. The van der Waals surface area contributed by atoms with Crippen molar-refractivity contribution in [1.82, 2.24) is 0 Å². The van der Waals surface area contributed by atoms with Gasteiger partial charge in [0, 0.05) is 31.1 Å². The first kappa shape index (κ1) is 12.2. The Bertz CT molecular complexity index is 384. The number of benzene rings is 1. The first-order chi connectivity index (χ1) is 8.11. The average Bonchev–Trinajstić information content (AvgIpc) is 2.32. The number of hydrogen-bond acceptors (Lipinski definition) is 3. The number of nitrogen functional groups attached to an aromatic ring is 1. The van der Waals surface area contributed by atoms with Crippen molar-refractivity contribution in [3.05, 3.63) is 23.8 Å². The molecule has 0 amide bonds. The van der Waals surface area contributed by atoms with Crippen LogP contribution in [-0.2, 0) is 4.74 Å². The minimum Gasteiger partial charge on any atom is -0.398 e. The molecule has 1 aliphatic heterocycles. The largest absolute Gasteiger partial charge is 0.398 e. The minimum absolute atomic E-state index is 0.343. The molecule has 1 heterocycles. The Morgan fingerprint density at radius 1 is 1.35 bits per heavy atom. The molecular weight excluding hydrogens is 212 g/mol. The zero-order valence-electron chi connectivity index (χ0n) is 10.8. The molecule has 1 aromatic carbocycles. The van der Waals surface area contributed by atoms with Gasteiger partial charge < -0.3 is 15.8 Å². The fourth-order valence-electron chi connectivity index (χ4n) is 2.19. The van der Waals surface area contributed by atoms with Gasteiger partial charge in [0.2, 0.25) is 0 Å². The molecule has 3 N–H and O–H groups in total.